The number of nitrogens with zero attached hydrogens (tertiary/aromatic N) is 4. The maximum absolute atomic E-state index is 12.3. The second-order valence-corrected chi connectivity index (χ2v) is 5.34. The third-order valence-electron chi connectivity index (χ3n) is 3.89. The highest BCUT2D eigenvalue weighted by atomic mass is 16.5. The highest BCUT2D eigenvalue weighted by Gasteiger charge is 2.20. The number of ether oxygens (including phenoxy) is 1. The molecular formula is C16H20N4O2. The molecule has 1 fully saturated rings. The molecule has 0 unspecified atom stereocenters. The Hall–Kier alpha value is -2.37. The van der Waals surface area contributed by atoms with Crippen molar-refractivity contribution in [3.05, 3.63) is 36.4 Å². The van der Waals surface area contributed by atoms with Crippen LogP contribution >= 0.6 is 0 Å². The van der Waals surface area contributed by atoms with Gasteiger partial charge in [0, 0.05) is 18.8 Å². The van der Waals surface area contributed by atoms with E-state index in [4.69, 9.17) is 4.74 Å². The van der Waals surface area contributed by atoms with Gasteiger partial charge in [-0.1, -0.05) is 0 Å². The molecule has 0 radical (unpaired) electrons. The van der Waals surface area contributed by atoms with Crippen molar-refractivity contribution < 1.29 is 9.53 Å². The zero-order valence-electron chi connectivity index (χ0n) is 12.7. The lowest BCUT2D eigenvalue weighted by atomic mass is 10.1. The molecule has 0 saturated carbocycles. The number of benzene rings is 1. The molecule has 0 spiro atoms. The second-order valence-electron chi connectivity index (χ2n) is 5.34. The van der Waals surface area contributed by atoms with Crippen LogP contribution in [0.25, 0.3) is 5.69 Å². The largest absolute Gasteiger partial charge is 0.462 e. The Balaban J connectivity index is 1.99. The number of aromatic nitrogens is 3. The van der Waals surface area contributed by atoms with E-state index >= 15 is 0 Å². The van der Waals surface area contributed by atoms with Gasteiger partial charge in [-0.15, -0.1) is 10.2 Å². The average molecular weight is 300 g/mol. The van der Waals surface area contributed by atoms with Crippen LogP contribution in [-0.2, 0) is 4.74 Å². The van der Waals surface area contributed by atoms with Crippen molar-refractivity contribution in [2.45, 2.75) is 26.2 Å². The summed E-state index contributed by atoms with van der Waals surface area (Å²) in [5.74, 6) is -0.280. The van der Waals surface area contributed by atoms with E-state index < -0.39 is 0 Å². The van der Waals surface area contributed by atoms with E-state index in [1.807, 2.05) is 25.1 Å². The Labute approximate surface area is 129 Å². The molecule has 0 amide bonds. The van der Waals surface area contributed by atoms with Gasteiger partial charge in [0.2, 0.25) is 0 Å². The molecular weight excluding hydrogens is 280 g/mol. The Morgan fingerprint density at radius 2 is 1.91 bits per heavy atom. The summed E-state index contributed by atoms with van der Waals surface area (Å²) in [6.07, 6.45) is 6.81. The topological polar surface area (TPSA) is 60.3 Å². The van der Waals surface area contributed by atoms with E-state index in [0.717, 1.165) is 37.3 Å². The van der Waals surface area contributed by atoms with Gasteiger partial charge in [-0.2, -0.15) is 0 Å². The van der Waals surface area contributed by atoms with Crippen molar-refractivity contribution in [1.29, 1.82) is 0 Å². The lowest BCUT2D eigenvalue weighted by Crippen LogP contribution is -2.31. The summed E-state index contributed by atoms with van der Waals surface area (Å²) >= 11 is 0. The number of carbonyl (C=O) groups excluding carboxylic acids is 1. The molecule has 1 aromatic carbocycles. The zero-order valence-corrected chi connectivity index (χ0v) is 12.7. The average Bonchev–Trinajstić information content (AvgIpc) is 3.10. The predicted octanol–water partition coefficient (Wildman–Crippen LogP) is 2.43. The van der Waals surface area contributed by atoms with Crippen LogP contribution in [0.5, 0.6) is 0 Å². The Morgan fingerprint density at radius 1 is 1.18 bits per heavy atom. The van der Waals surface area contributed by atoms with Crippen LogP contribution in [0.15, 0.2) is 30.9 Å². The van der Waals surface area contributed by atoms with Crippen LogP contribution in [0.4, 0.5) is 5.69 Å². The van der Waals surface area contributed by atoms with Crippen LogP contribution in [0.3, 0.4) is 0 Å². The molecule has 1 aliphatic heterocycles. The number of hydrogen-bond donors (Lipinski definition) is 0. The second kappa shape index (κ2) is 6.60. The molecule has 1 aromatic heterocycles. The summed E-state index contributed by atoms with van der Waals surface area (Å²) in [6, 6.07) is 5.83. The first-order valence-electron chi connectivity index (χ1n) is 7.70. The highest BCUT2D eigenvalue weighted by Crippen LogP contribution is 2.27. The smallest absolute Gasteiger partial charge is 0.340 e. The highest BCUT2D eigenvalue weighted by molar-refractivity contribution is 5.96. The molecule has 0 bridgehead atoms. The quantitative estimate of drug-likeness (QED) is 0.812. The molecule has 2 heterocycles. The van der Waals surface area contributed by atoms with E-state index in [1.165, 1.54) is 6.42 Å². The molecule has 0 atom stereocenters. The minimum Gasteiger partial charge on any atom is -0.462 e. The van der Waals surface area contributed by atoms with Crippen LogP contribution < -0.4 is 4.90 Å². The molecule has 0 N–H and O–H groups in total. The molecule has 0 aliphatic carbocycles. The van der Waals surface area contributed by atoms with Crippen LogP contribution in [-0.4, -0.2) is 40.4 Å². The van der Waals surface area contributed by atoms with E-state index in [1.54, 1.807) is 17.2 Å². The number of esters is 1. The minimum absolute atomic E-state index is 0.280. The predicted molar refractivity (Wildman–Crippen MR) is 83.4 cm³/mol. The molecule has 6 nitrogen and oxygen atoms in total. The van der Waals surface area contributed by atoms with Gasteiger partial charge < -0.3 is 9.64 Å². The molecule has 116 valence electrons. The lowest BCUT2D eigenvalue weighted by Gasteiger charge is -2.30. The minimum atomic E-state index is -0.280. The number of carbonyl (C=O) groups is 1. The maximum Gasteiger partial charge on any atom is 0.340 e. The van der Waals surface area contributed by atoms with Crippen LogP contribution in [0, 0.1) is 0 Å². The molecule has 1 saturated heterocycles. The van der Waals surface area contributed by atoms with E-state index in [2.05, 4.69) is 15.1 Å². The molecule has 3 rings (SSSR count). The van der Waals surface area contributed by atoms with Gasteiger partial charge in [0.15, 0.2) is 0 Å². The Bertz CT molecular complexity index is 634. The number of hydrogen-bond acceptors (Lipinski definition) is 5. The number of rotatable bonds is 4. The summed E-state index contributed by atoms with van der Waals surface area (Å²) in [4.78, 5) is 14.6. The standard InChI is InChI=1S/C16H20N4O2/c1-2-22-16(21)14-10-13(20-11-17-18-12-20)6-7-15(14)19-8-4-3-5-9-19/h6-7,10-12H,2-5,8-9H2,1H3. The van der Waals surface area contributed by atoms with Crippen LogP contribution in [0.1, 0.15) is 36.5 Å². The summed E-state index contributed by atoms with van der Waals surface area (Å²) in [5.41, 5.74) is 2.42. The number of anilines is 1. The van der Waals surface area contributed by atoms with Gasteiger partial charge in [0.05, 0.1) is 17.9 Å². The van der Waals surface area contributed by atoms with Crippen molar-refractivity contribution >= 4 is 11.7 Å². The molecule has 1 aliphatic rings. The summed E-state index contributed by atoms with van der Waals surface area (Å²) < 4.78 is 7.01. The van der Waals surface area contributed by atoms with Crippen molar-refractivity contribution in [1.82, 2.24) is 14.8 Å². The zero-order chi connectivity index (χ0) is 15.4. The van der Waals surface area contributed by atoms with Gasteiger partial charge in [0.1, 0.15) is 12.7 Å². The fraction of sp³-hybridized carbons (Fsp3) is 0.438. The summed E-state index contributed by atoms with van der Waals surface area (Å²) in [7, 11) is 0. The summed E-state index contributed by atoms with van der Waals surface area (Å²) in [6.45, 7) is 4.16. The van der Waals surface area contributed by atoms with Crippen molar-refractivity contribution in [2.24, 2.45) is 0 Å². The van der Waals surface area contributed by atoms with E-state index in [0.29, 0.717) is 12.2 Å². The molecule has 6 heteroatoms. The van der Waals surface area contributed by atoms with Gasteiger partial charge in [-0.3, -0.25) is 4.57 Å². The fourth-order valence-corrected chi connectivity index (χ4v) is 2.80. The molecule has 2 aromatic rings. The van der Waals surface area contributed by atoms with Gasteiger partial charge >= 0.3 is 5.97 Å². The van der Waals surface area contributed by atoms with Crippen molar-refractivity contribution in [3.8, 4) is 5.69 Å². The lowest BCUT2D eigenvalue weighted by molar-refractivity contribution is 0.0527. The normalized spacial score (nSPS) is 14.9. The molecule has 22 heavy (non-hydrogen) atoms. The third-order valence-corrected chi connectivity index (χ3v) is 3.89. The van der Waals surface area contributed by atoms with Gasteiger partial charge in [-0.25, -0.2) is 4.79 Å². The van der Waals surface area contributed by atoms with Gasteiger partial charge in [0.25, 0.3) is 0 Å². The van der Waals surface area contributed by atoms with E-state index in [9.17, 15) is 4.79 Å². The SMILES string of the molecule is CCOC(=O)c1cc(-n2cnnc2)ccc1N1CCCCC1. The fourth-order valence-electron chi connectivity index (χ4n) is 2.80. The first-order valence-corrected chi connectivity index (χ1v) is 7.70. The van der Waals surface area contributed by atoms with Crippen LogP contribution in [0.2, 0.25) is 0 Å². The first-order chi connectivity index (χ1) is 10.8. The van der Waals surface area contributed by atoms with Crippen molar-refractivity contribution in [2.75, 3.05) is 24.6 Å². The van der Waals surface area contributed by atoms with Gasteiger partial charge in [-0.05, 0) is 44.4 Å². The van der Waals surface area contributed by atoms with E-state index in [-0.39, 0.29) is 5.97 Å². The summed E-state index contributed by atoms with van der Waals surface area (Å²) in [5, 5.41) is 7.62. The monoisotopic (exact) mass is 300 g/mol. The Morgan fingerprint density at radius 3 is 2.59 bits per heavy atom. The van der Waals surface area contributed by atoms with Crippen molar-refractivity contribution in [3.63, 3.8) is 0 Å². The number of piperidine rings is 1. The third kappa shape index (κ3) is 2.95. The maximum atomic E-state index is 12.3. The Kier molecular flexibility index (Phi) is 4.37. The first kappa shape index (κ1) is 14.6.